The lowest BCUT2D eigenvalue weighted by molar-refractivity contribution is 0.138. The molecule has 2 N–H and O–H groups in total. The highest BCUT2D eigenvalue weighted by atomic mass is 35.5. The monoisotopic (exact) mass is 663 g/mol. The third-order valence-electron chi connectivity index (χ3n) is 10.2. The lowest BCUT2D eigenvalue weighted by Crippen LogP contribution is -2.47. The Morgan fingerprint density at radius 3 is 1.78 bits per heavy atom. The van der Waals surface area contributed by atoms with E-state index >= 15 is 0 Å². The van der Waals surface area contributed by atoms with Crippen molar-refractivity contribution in [2.75, 3.05) is 14.1 Å². The highest BCUT2D eigenvalue weighted by Crippen LogP contribution is 2.40. The van der Waals surface area contributed by atoms with Crippen LogP contribution in [-0.2, 0) is 19.3 Å². The van der Waals surface area contributed by atoms with Crippen LogP contribution >= 0.6 is 12.4 Å². The second-order valence-corrected chi connectivity index (χ2v) is 13.4. The van der Waals surface area contributed by atoms with E-state index < -0.39 is 0 Å². The summed E-state index contributed by atoms with van der Waals surface area (Å²) in [6.45, 7) is 0. The molecule has 1 aliphatic carbocycles. The van der Waals surface area contributed by atoms with E-state index in [0.29, 0.717) is 0 Å². The van der Waals surface area contributed by atoms with E-state index in [-0.39, 0.29) is 17.9 Å². The molecule has 1 unspecified atom stereocenters. The molecule has 0 spiro atoms. The number of para-hydroxylation sites is 2. The molecule has 3 nitrogen and oxygen atoms in total. The van der Waals surface area contributed by atoms with Crippen LogP contribution in [0.1, 0.15) is 52.8 Å². The Morgan fingerprint density at radius 2 is 1.16 bits per heavy atom. The third kappa shape index (κ3) is 7.75. The minimum atomic E-state index is 0. The molecule has 0 bridgehead atoms. The van der Waals surface area contributed by atoms with Gasteiger partial charge in [0.05, 0.1) is 0 Å². The van der Waals surface area contributed by atoms with Crippen molar-refractivity contribution < 1.29 is 0 Å². The molecule has 0 amide bonds. The zero-order valence-electron chi connectivity index (χ0n) is 28.5. The molecule has 2 aromatic heterocycles. The van der Waals surface area contributed by atoms with Crippen LogP contribution in [0.15, 0.2) is 152 Å². The summed E-state index contributed by atoms with van der Waals surface area (Å²) in [5.41, 5.74) is 12.4. The molecule has 0 saturated heterocycles. The lowest BCUT2D eigenvalue weighted by Gasteiger charge is -2.42. The molecule has 248 valence electrons. The van der Waals surface area contributed by atoms with Crippen molar-refractivity contribution in [3.8, 4) is 0 Å². The van der Waals surface area contributed by atoms with Crippen LogP contribution in [0.4, 0.5) is 0 Å². The van der Waals surface area contributed by atoms with Crippen molar-refractivity contribution in [3.63, 3.8) is 0 Å². The smallest absolute Gasteiger partial charge is 0.0461 e. The Bertz CT molecular complexity index is 2110. The molecule has 1 atom stereocenters. The molecular formula is C45H46ClN3. The average Bonchev–Trinajstić information content (AvgIpc) is 3.71. The maximum Gasteiger partial charge on any atom is 0.0461 e. The summed E-state index contributed by atoms with van der Waals surface area (Å²) in [4.78, 5) is 9.53. The van der Waals surface area contributed by atoms with Gasteiger partial charge in [-0.1, -0.05) is 133 Å². The first-order chi connectivity index (χ1) is 23.6. The molecule has 49 heavy (non-hydrogen) atoms. The number of halogens is 1. The SMILES string of the molecule is CN(C)C1(Cc2ccccc2)CC=C(c2[nH]c3ccccc3c2Cc2ccccc2)CC1.Cl.c1ccc(Cc2c[nH]c3ccccc23)cc1. The normalized spacial score (nSPS) is 15.8. The summed E-state index contributed by atoms with van der Waals surface area (Å²) < 4.78 is 0. The second kappa shape index (κ2) is 15.6. The summed E-state index contributed by atoms with van der Waals surface area (Å²) >= 11 is 0. The quantitative estimate of drug-likeness (QED) is 0.167. The van der Waals surface area contributed by atoms with Gasteiger partial charge in [-0.15, -0.1) is 12.4 Å². The number of nitrogens with one attached hydrogen (secondary N) is 2. The van der Waals surface area contributed by atoms with E-state index in [1.807, 2.05) is 0 Å². The van der Waals surface area contributed by atoms with Gasteiger partial charge < -0.3 is 14.9 Å². The summed E-state index contributed by atoms with van der Waals surface area (Å²) in [5.74, 6) is 0. The van der Waals surface area contributed by atoms with Gasteiger partial charge in [0.1, 0.15) is 0 Å². The third-order valence-corrected chi connectivity index (χ3v) is 10.2. The van der Waals surface area contributed by atoms with Crippen LogP contribution < -0.4 is 0 Å². The Morgan fingerprint density at radius 1 is 0.612 bits per heavy atom. The Balaban J connectivity index is 0.000000205. The minimum Gasteiger partial charge on any atom is -0.361 e. The van der Waals surface area contributed by atoms with E-state index in [4.69, 9.17) is 0 Å². The highest BCUT2D eigenvalue weighted by molar-refractivity contribution is 5.90. The predicted octanol–water partition coefficient (Wildman–Crippen LogP) is 11.0. The van der Waals surface area contributed by atoms with Gasteiger partial charge in [0, 0.05) is 45.7 Å². The number of nitrogens with zero attached hydrogens (tertiary/aromatic N) is 1. The van der Waals surface area contributed by atoms with Gasteiger partial charge >= 0.3 is 0 Å². The fourth-order valence-corrected chi connectivity index (χ4v) is 7.36. The largest absolute Gasteiger partial charge is 0.361 e. The number of allylic oxidation sites excluding steroid dienone is 1. The van der Waals surface area contributed by atoms with Gasteiger partial charge in [0.25, 0.3) is 0 Å². The first kappa shape index (κ1) is 34.0. The van der Waals surface area contributed by atoms with E-state index in [1.165, 1.54) is 67.3 Å². The fourth-order valence-electron chi connectivity index (χ4n) is 7.36. The van der Waals surface area contributed by atoms with Gasteiger partial charge in [0.15, 0.2) is 0 Å². The number of rotatable bonds is 8. The Hall–Kier alpha value is -4.83. The van der Waals surface area contributed by atoms with Crippen LogP contribution in [-0.4, -0.2) is 34.5 Å². The molecule has 1 aliphatic rings. The lowest BCUT2D eigenvalue weighted by atomic mass is 9.76. The van der Waals surface area contributed by atoms with Gasteiger partial charge in [-0.05, 0) is 91.7 Å². The van der Waals surface area contributed by atoms with E-state index in [2.05, 4.69) is 181 Å². The summed E-state index contributed by atoms with van der Waals surface area (Å²) in [6, 6.07) is 49.5. The van der Waals surface area contributed by atoms with Crippen molar-refractivity contribution in [3.05, 3.63) is 185 Å². The second-order valence-electron chi connectivity index (χ2n) is 13.4. The van der Waals surface area contributed by atoms with Crippen LogP contribution in [0.2, 0.25) is 0 Å². The van der Waals surface area contributed by atoms with Crippen molar-refractivity contribution in [1.29, 1.82) is 0 Å². The van der Waals surface area contributed by atoms with Crippen LogP contribution in [0, 0.1) is 0 Å². The van der Waals surface area contributed by atoms with Gasteiger partial charge in [-0.3, -0.25) is 0 Å². The summed E-state index contributed by atoms with van der Waals surface area (Å²) in [7, 11) is 4.48. The summed E-state index contributed by atoms with van der Waals surface area (Å²) in [5, 5.41) is 2.67. The zero-order chi connectivity index (χ0) is 32.8. The zero-order valence-corrected chi connectivity index (χ0v) is 29.3. The number of aromatic nitrogens is 2. The van der Waals surface area contributed by atoms with Crippen molar-refractivity contribution >= 4 is 39.8 Å². The Kier molecular flexibility index (Phi) is 10.8. The number of likely N-dealkylation sites (N-methyl/N-ethyl adjacent to an activating group) is 1. The molecule has 0 fully saturated rings. The number of benzene rings is 5. The van der Waals surface area contributed by atoms with Crippen LogP contribution in [0.25, 0.3) is 27.4 Å². The van der Waals surface area contributed by atoms with Crippen LogP contribution in [0.5, 0.6) is 0 Å². The molecule has 0 radical (unpaired) electrons. The maximum atomic E-state index is 3.78. The number of hydrogen-bond acceptors (Lipinski definition) is 1. The molecule has 0 aliphatic heterocycles. The number of fused-ring (bicyclic) bond motifs is 2. The van der Waals surface area contributed by atoms with Gasteiger partial charge in [0.2, 0.25) is 0 Å². The number of aromatic amines is 2. The average molecular weight is 664 g/mol. The first-order valence-corrected chi connectivity index (χ1v) is 17.2. The maximum absolute atomic E-state index is 3.78. The number of H-pyrrole nitrogens is 2. The molecule has 2 heterocycles. The van der Waals surface area contributed by atoms with Gasteiger partial charge in [-0.2, -0.15) is 0 Å². The van der Waals surface area contributed by atoms with E-state index in [0.717, 1.165) is 32.1 Å². The van der Waals surface area contributed by atoms with Gasteiger partial charge in [-0.25, -0.2) is 0 Å². The van der Waals surface area contributed by atoms with E-state index in [9.17, 15) is 0 Å². The Labute approximate surface area is 297 Å². The molecular weight excluding hydrogens is 618 g/mol. The number of hydrogen-bond donors (Lipinski definition) is 2. The highest BCUT2D eigenvalue weighted by Gasteiger charge is 2.35. The van der Waals surface area contributed by atoms with Crippen LogP contribution in [0.3, 0.4) is 0 Å². The van der Waals surface area contributed by atoms with Crippen molar-refractivity contribution in [2.24, 2.45) is 0 Å². The van der Waals surface area contributed by atoms with E-state index in [1.54, 1.807) is 0 Å². The topological polar surface area (TPSA) is 34.8 Å². The molecule has 4 heteroatoms. The first-order valence-electron chi connectivity index (χ1n) is 17.2. The van der Waals surface area contributed by atoms with Crippen molar-refractivity contribution in [2.45, 2.75) is 44.1 Å². The minimum absolute atomic E-state index is 0. The molecule has 5 aromatic carbocycles. The standard InChI is InChI=1S/C30H32N2.C15H13N.ClH/c1-32(2)30(22-24-13-7-4-8-14-24)19-17-25(18-20-30)29-27(21-23-11-5-3-6-12-23)26-15-9-10-16-28(26)31-29;1-2-6-12(7-3-1)10-13-11-16-15-9-5-4-8-14(13)15;/h3-17,31H,18-22H2,1-2H3;1-9,11,16H,10H2;1H. The fraction of sp³-hybridized carbons (Fsp3) is 0.200. The molecule has 0 saturated carbocycles. The summed E-state index contributed by atoms with van der Waals surface area (Å²) in [6.07, 6.45) is 11.0. The molecule has 7 aromatic rings. The predicted molar refractivity (Wildman–Crippen MR) is 211 cm³/mol. The van der Waals surface area contributed by atoms with Crippen molar-refractivity contribution in [1.82, 2.24) is 14.9 Å². The molecule has 8 rings (SSSR count).